The number of rotatable bonds is 3. The molecule has 0 radical (unpaired) electrons. The van der Waals surface area contributed by atoms with Crippen LogP contribution in [0.2, 0.25) is 5.02 Å². The van der Waals surface area contributed by atoms with E-state index >= 15 is 0 Å². The van der Waals surface area contributed by atoms with Crippen LogP contribution >= 0.6 is 11.6 Å². The van der Waals surface area contributed by atoms with E-state index in [0.29, 0.717) is 18.1 Å². The van der Waals surface area contributed by atoms with Gasteiger partial charge in [-0.05, 0) is 11.1 Å². The summed E-state index contributed by atoms with van der Waals surface area (Å²) >= 11 is 6.26. The van der Waals surface area contributed by atoms with Crippen molar-refractivity contribution >= 4 is 23.0 Å². The minimum Gasteiger partial charge on any atom is -0.395 e. The zero-order valence-corrected chi connectivity index (χ0v) is 11.9. The topological polar surface area (TPSA) is 66.6 Å². The Labute approximate surface area is 126 Å². The molecule has 0 aliphatic carbocycles. The van der Waals surface area contributed by atoms with Gasteiger partial charge >= 0.3 is 0 Å². The first-order valence-corrected chi connectivity index (χ1v) is 6.91. The number of aliphatic hydroxyl groups excluding tert-OH is 1. The number of hydrogen-bond acceptors (Lipinski definition) is 4. The molecule has 2 aromatic rings. The molecule has 0 amide bonds. The highest BCUT2D eigenvalue weighted by Gasteiger charge is 2.26. The number of nitro benzene ring substituents is 1. The summed E-state index contributed by atoms with van der Waals surface area (Å²) in [5, 5.41) is 20.6. The van der Waals surface area contributed by atoms with Crippen LogP contribution in [0.4, 0.5) is 11.4 Å². The van der Waals surface area contributed by atoms with E-state index in [2.05, 4.69) is 0 Å². The highest BCUT2D eigenvalue weighted by atomic mass is 35.5. The van der Waals surface area contributed by atoms with Crippen molar-refractivity contribution in [2.75, 3.05) is 18.1 Å². The number of nitro groups is 1. The summed E-state index contributed by atoms with van der Waals surface area (Å²) in [6, 6.07) is 10.7. The molecular formula is C15H13ClN2O3. The molecular weight excluding hydrogens is 292 g/mol. The van der Waals surface area contributed by atoms with E-state index in [4.69, 9.17) is 11.6 Å². The number of hydrogen-bond donors (Lipinski definition) is 1. The summed E-state index contributed by atoms with van der Waals surface area (Å²) in [4.78, 5) is 12.6. The zero-order chi connectivity index (χ0) is 15.0. The summed E-state index contributed by atoms with van der Waals surface area (Å²) in [5.74, 6) is 0. The quantitative estimate of drug-likeness (QED) is 0.698. The predicted molar refractivity (Wildman–Crippen MR) is 81.7 cm³/mol. The van der Waals surface area contributed by atoms with E-state index in [-0.39, 0.29) is 12.3 Å². The fourth-order valence-corrected chi connectivity index (χ4v) is 3.07. The number of non-ortho nitro benzene ring substituents is 1. The second kappa shape index (κ2) is 5.35. The summed E-state index contributed by atoms with van der Waals surface area (Å²) in [7, 11) is 0. The van der Waals surface area contributed by atoms with Gasteiger partial charge in [-0.15, -0.1) is 0 Å². The molecule has 5 nitrogen and oxygen atoms in total. The molecule has 1 N–H and O–H groups in total. The Morgan fingerprint density at radius 2 is 2.05 bits per heavy atom. The highest BCUT2D eigenvalue weighted by Crippen LogP contribution is 2.45. The van der Waals surface area contributed by atoms with Gasteiger partial charge < -0.3 is 10.0 Å². The largest absolute Gasteiger partial charge is 0.395 e. The Morgan fingerprint density at radius 1 is 1.29 bits per heavy atom. The van der Waals surface area contributed by atoms with E-state index in [9.17, 15) is 15.2 Å². The molecule has 108 valence electrons. The molecule has 21 heavy (non-hydrogen) atoms. The van der Waals surface area contributed by atoms with Crippen molar-refractivity contribution in [1.29, 1.82) is 0 Å². The number of nitrogens with zero attached hydrogens (tertiary/aromatic N) is 2. The SMILES string of the molecule is O=[N+]([O-])c1cc(Cl)c2c(c1)-c1ccccc1CN2CCO. The van der Waals surface area contributed by atoms with Crippen LogP contribution in [-0.4, -0.2) is 23.2 Å². The first-order valence-electron chi connectivity index (χ1n) is 6.54. The van der Waals surface area contributed by atoms with Gasteiger partial charge in [0.15, 0.2) is 0 Å². The van der Waals surface area contributed by atoms with Crippen LogP contribution in [0.5, 0.6) is 0 Å². The molecule has 6 heteroatoms. The minimum atomic E-state index is -0.445. The number of anilines is 1. The van der Waals surface area contributed by atoms with Gasteiger partial charge in [-0.2, -0.15) is 0 Å². The first kappa shape index (κ1) is 13.9. The highest BCUT2D eigenvalue weighted by molar-refractivity contribution is 6.34. The lowest BCUT2D eigenvalue weighted by Gasteiger charge is -2.33. The molecule has 0 saturated heterocycles. The molecule has 1 heterocycles. The third-order valence-electron chi connectivity index (χ3n) is 3.61. The van der Waals surface area contributed by atoms with Crippen LogP contribution in [0.3, 0.4) is 0 Å². The summed E-state index contributed by atoms with van der Waals surface area (Å²) in [5.41, 5.74) is 3.47. The van der Waals surface area contributed by atoms with Crippen molar-refractivity contribution in [2.45, 2.75) is 6.54 Å². The predicted octanol–water partition coefficient (Wildman–Crippen LogP) is 3.23. The van der Waals surface area contributed by atoms with E-state index in [1.165, 1.54) is 6.07 Å². The van der Waals surface area contributed by atoms with Gasteiger partial charge in [-0.1, -0.05) is 35.9 Å². The van der Waals surface area contributed by atoms with Crippen molar-refractivity contribution in [1.82, 2.24) is 0 Å². The molecule has 0 fully saturated rings. The van der Waals surface area contributed by atoms with Crippen LogP contribution in [0.1, 0.15) is 5.56 Å². The molecule has 0 unspecified atom stereocenters. The third kappa shape index (κ3) is 2.34. The van der Waals surface area contributed by atoms with Gasteiger partial charge in [0, 0.05) is 30.8 Å². The van der Waals surface area contributed by atoms with Crippen molar-refractivity contribution in [3.63, 3.8) is 0 Å². The Hall–Kier alpha value is -2.11. The maximum atomic E-state index is 11.1. The van der Waals surface area contributed by atoms with E-state index in [1.54, 1.807) is 6.07 Å². The number of halogens is 1. The maximum absolute atomic E-state index is 11.1. The second-order valence-electron chi connectivity index (χ2n) is 4.88. The van der Waals surface area contributed by atoms with Gasteiger partial charge in [0.25, 0.3) is 5.69 Å². The number of β-amino-alcohol motifs (C(OH)–C–C–N with tert-alkyl or cyclic N) is 1. The van der Waals surface area contributed by atoms with Crippen molar-refractivity contribution in [2.24, 2.45) is 0 Å². The van der Waals surface area contributed by atoms with Crippen molar-refractivity contribution in [3.8, 4) is 11.1 Å². The Kier molecular flexibility index (Phi) is 3.53. The Balaban J connectivity index is 2.26. The van der Waals surface area contributed by atoms with Crippen LogP contribution in [-0.2, 0) is 6.54 Å². The third-order valence-corrected chi connectivity index (χ3v) is 3.90. The average Bonchev–Trinajstić information content (AvgIpc) is 2.47. The standard InChI is InChI=1S/C15H13ClN2O3/c16-14-8-11(18(20)21)7-13-12-4-2-1-3-10(12)9-17(5-6-19)15(13)14/h1-4,7-8,19H,5-6,9H2. The van der Waals surface area contributed by atoms with Crippen molar-refractivity contribution < 1.29 is 10.0 Å². The number of benzene rings is 2. The van der Waals surface area contributed by atoms with E-state index in [1.807, 2.05) is 29.2 Å². The fourth-order valence-electron chi connectivity index (χ4n) is 2.73. The van der Waals surface area contributed by atoms with Gasteiger partial charge in [-0.3, -0.25) is 10.1 Å². The lowest BCUT2D eigenvalue weighted by atomic mass is 9.93. The Morgan fingerprint density at radius 3 is 2.76 bits per heavy atom. The lowest BCUT2D eigenvalue weighted by Crippen LogP contribution is -2.29. The fraction of sp³-hybridized carbons (Fsp3) is 0.200. The second-order valence-corrected chi connectivity index (χ2v) is 5.29. The lowest BCUT2D eigenvalue weighted by molar-refractivity contribution is -0.384. The normalized spacial score (nSPS) is 12.8. The molecule has 3 rings (SSSR count). The summed E-state index contributed by atoms with van der Waals surface area (Å²) < 4.78 is 0. The van der Waals surface area contributed by atoms with Gasteiger partial charge in [-0.25, -0.2) is 0 Å². The monoisotopic (exact) mass is 304 g/mol. The van der Waals surface area contributed by atoms with Crippen LogP contribution in [0.15, 0.2) is 36.4 Å². The van der Waals surface area contributed by atoms with Gasteiger partial charge in [0.1, 0.15) is 0 Å². The number of fused-ring (bicyclic) bond motifs is 3. The number of aliphatic hydroxyl groups is 1. The van der Waals surface area contributed by atoms with Crippen LogP contribution < -0.4 is 4.90 Å². The van der Waals surface area contributed by atoms with Crippen LogP contribution in [0, 0.1) is 10.1 Å². The molecule has 2 aromatic carbocycles. The summed E-state index contributed by atoms with van der Waals surface area (Å²) in [6.07, 6.45) is 0. The molecule has 0 bridgehead atoms. The Bertz CT molecular complexity index is 718. The molecule has 0 spiro atoms. The van der Waals surface area contributed by atoms with Crippen molar-refractivity contribution in [3.05, 3.63) is 57.1 Å². The molecule has 1 aliphatic heterocycles. The van der Waals surface area contributed by atoms with E-state index < -0.39 is 4.92 Å². The minimum absolute atomic E-state index is 0.00504. The first-order chi connectivity index (χ1) is 10.1. The zero-order valence-electron chi connectivity index (χ0n) is 11.1. The van der Waals surface area contributed by atoms with Gasteiger partial charge in [0.05, 0.1) is 22.2 Å². The molecule has 0 atom stereocenters. The maximum Gasteiger partial charge on any atom is 0.271 e. The molecule has 0 aromatic heterocycles. The van der Waals surface area contributed by atoms with Crippen LogP contribution in [0.25, 0.3) is 11.1 Å². The molecule has 1 aliphatic rings. The van der Waals surface area contributed by atoms with E-state index in [0.717, 1.165) is 22.4 Å². The molecule has 0 saturated carbocycles. The van der Waals surface area contributed by atoms with Gasteiger partial charge in [0.2, 0.25) is 0 Å². The average molecular weight is 305 g/mol. The summed E-state index contributed by atoms with van der Waals surface area (Å²) in [6.45, 7) is 1.05. The smallest absolute Gasteiger partial charge is 0.271 e.